The Morgan fingerprint density at radius 1 is 1.18 bits per heavy atom. The minimum atomic E-state index is -0.794. The second-order valence-corrected chi connectivity index (χ2v) is 9.38. The lowest BCUT2D eigenvalue weighted by atomic mass is 9.96. The molecule has 0 unspecified atom stereocenters. The molecule has 0 bridgehead atoms. The average Bonchev–Trinajstić information content (AvgIpc) is 2.74. The van der Waals surface area contributed by atoms with Gasteiger partial charge in [0.15, 0.2) is 11.2 Å². The zero-order valence-electron chi connectivity index (χ0n) is 20.2. The van der Waals surface area contributed by atoms with E-state index in [1.54, 1.807) is 0 Å². The monoisotopic (exact) mass is 457 g/mol. The first-order chi connectivity index (χ1) is 15.6. The molecule has 180 valence electrons. The Bertz CT molecular complexity index is 1080. The highest BCUT2D eigenvalue weighted by Gasteiger charge is 2.17. The smallest absolute Gasteiger partial charge is 0.303 e. The molecule has 0 fully saturated rings. The molecule has 9 nitrogen and oxygen atoms in total. The molecule has 2 aromatic rings. The molecule has 0 radical (unpaired) electrons. The van der Waals surface area contributed by atoms with Crippen LogP contribution in [0.1, 0.15) is 68.9 Å². The Hall–Kier alpha value is -3.23. The van der Waals surface area contributed by atoms with Gasteiger partial charge in [0.1, 0.15) is 0 Å². The van der Waals surface area contributed by atoms with Gasteiger partial charge in [0.05, 0.1) is 11.0 Å². The number of anilines is 1. The van der Waals surface area contributed by atoms with Gasteiger partial charge >= 0.3 is 5.97 Å². The summed E-state index contributed by atoms with van der Waals surface area (Å²) >= 11 is 0. The molecular weight excluding hydrogens is 422 g/mol. The van der Waals surface area contributed by atoms with Crippen molar-refractivity contribution in [3.8, 4) is 0 Å². The van der Waals surface area contributed by atoms with E-state index in [0.717, 1.165) is 42.6 Å². The summed E-state index contributed by atoms with van der Waals surface area (Å²) in [6, 6.07) is 3.92. The van der Waals surface area contributed by atoms with Gasteiger partial charge in [0.25, 0.3) is 5.91 Å². The maximum absolute atomic E-state index is 12.5. The van der Waals surface area contributed by atoms with Gasteiger partial charge in [0, 0.05) is 32.2 Å². The average molecular weight is 458 g/mol. The van der Waals surface area contributed by atoms with Crippen molar-refractivity contribution in [1.82, 2.24) is 14.9 Å². The molecule has 0 spiro atoms. The Kier molecular flexibility index (Phi) is 9.13. The van der Waals surface area contributed by atoms with Crippen molar-refractivity contribution in [1.29, 1.82) is 0 Å². The van der Waals surface area contributed by atoms with Gasteiger partial charge < -0.3 is 20.3 Å². The Labute approximate surface area is 194 Å². The third-order valence-electron chi connectivity index (χ3n) is 5.26. The molecule has 0 saturated heterocycles. The Morgan fingerprint density at radius 2 is 1.88 bits per heavy atom. The summed E-state index contributed by atoms with van der Waals surface area (Å²) < 4.78 is 1.86. The topological polar surface area (TPSA) is 126 Å². The first-order valence-corrected chi connectivity index (χ1v) is 11.3. The summed E-state index contributed by atoms with van der Waals surface area (Å²) in [5.74, 6) is -1.21. The van der Waals surface area contributed by atoms with Crippen LogP contribution < -0.4 is 16.1 Å². The number of aryl methyl sites for hydroxylation is 2. The number of aliphatic carboxylic acids is 1. The first kappa shape index (κ1) is 26.0. The highest BCUT2D eigenvalue weighted by atomic mass is 16.4. The van der Waals surface area contributed by atoms with E-state index >= 15 is 0 Å². The third kappa shape index (κ3) is 7.40. The summed E-state index contributed by atoms with van der Waals surface area (Å²) in [7, 11) is 1.51. The van der Waals surface area contributed by atoms with E-state index in [1.165, 1.54) is 7.05 Å². The molecule has 1 heterocycles. The SMILES string of the molecule is CNC(=O)c1nc2cc(C)c(NCC(C)(C)C)cc2n(CCCCCCC(=O)O)c1=NC=O. The number of fused-ring (bicyclic) bond motifs is 1. The van der Waals surface area contributed by atoms with E-state index in [4.69, 9.17) is 5.11 Å². The van der Waals surface area contributed by atoms with Crippen LogP contribution in [0.2, 0.25) is 0 Å². The van der Waals surface area contributed by atoms with Gasteiger partial charge in [-0.3, -0.25) is 14.4 Å². The van der Waals surface area contributed by atoms with Gasteiger partial charge in [-0.15, -0.1) is 0 Å². The maximum Gasteiger partial charge on any atom is 0.303 e. The number of carbonyl (C=O) groups is 3. The molecule has 2 rings (SSSR count). The van der Waals surface area contributed by atoms with Gasteiger partial charge in [0.2, 0.25) is 6.41 Å². The molecule has 0 aliphatic carbocycles. The number of hydrogen-bond acceptors (Lipinski definition) is 5. The third-order valence-corrected chi connectivity index (χ3v) is 5.26. The van der Waals surface area contributed by atoms with Crippen LogP contribution in [0.4, 0.5) is 5.69 Å². The number of nitrogens with one attached hydrogen (secondary N) is 2. The molecule has 0 atom stereocenters. The second kappa shape index (κ2) is 11.6. The largest absolute Gasteiger partial charge is 0.481 e. The lowest BCUT2D eigenvalue weighted by Gasteiger charge is -2.22. The summed E-state index contributed by atoms with van der Waals surface area (Å²) in [6.07, 6.45) is 3.55. The van der Waals surface area contributed by atoms with Gasteiger partial charge in [-0.25, -0.2) is 4.98 Å². The van der Waals surface area contributed by atoms with E-state index in [2.05, 4.69) is 41.4 Å². The molecule has 2 amide bonds. The van der Waals surface area contributed by atoms with E-state index < -0.39 is 11.9 Å². The molecule has 0 saturated carbocycles. The Balaban J connectivity index is 2.53. The lowest BCUT2D eigenvalue weighted by Crippen LogP contribution is -2.34. The number of carboxylic acids is 1. The van der Waals surface area contributed by atoms with Crippen molar-refractivity contribution in [2.24, 2.45) is 10.4 Å². The standard InChI is InChI=1S/C24H35N5O4/c1-16-12-18-19(13-17(16)26-14-24(2,3)4)29(11-9-7-6-8-10-20(31)32)22(27-15-30)21(28-18)23(33)25-5/h12-13,15,26H,6-11,14H2,1-5H3,(H,25,33)(H,31,32). The van der Waals surface area contributed by atoms with Crippen molar-refractivity contribution in [3.05, 3.63) is 28.9 Å². The Morgan fingerprint density at radius 3 is 2.48 bits per heavy atom. The van der Waals surface area contributed by atoms with Crippen molar-refractivity contribution in [2.45, 2.75) is 66.3 Å². The summed E-state index contributed by atoms with van der Waals surface area (Å²) in [6.45, 7) is 9.74. The van der Waals surface area contributed by atoms with Gasteiger partial charge in [-0.2, -0.15) is 4.99 Å². The molecule has 1 aromatic heterocycles. The summed E-state index contributed by atoms with van der Waals surface area (Å²) in [5.41, 5.74) is 3.78. The number of amides is 2. The highest BCUT2D eigenvalue weighted by Crippen LogP contribution is 2.24. The normalized spacial score (nSPS) is 12.1. The molecule has 3 N–H and O–H groups in total. The van der Waals surface area contributed by atoms with Crippen LogP contribution in [0.15, 0.2) is 17.1 Å². The molecule has 1 aromatic carbocycles. The quantitative estimate of drug-likeness (QED) is 0.351. The zero-order chi connectivity index (χ0) is 24.6. The fraction of sp³-hybridized carbons (Fsp3) is 0.542. The predicted octanol–water partition coefficient (Wildman–Crippen LogP) is 3.25. The fourth-order valence-corrected chi connectivity index (χ4v) is 3.53. The maximum atomic E-state index is 12.5. The number of hydrogen-bond donors (Lipinski definition) is 3. The number of carboxylic acid groups (broad SMARTS) is 1. The van der Waals surface area contributed by atoms with E-state index in [0.29, 0.717) is 24.9 Å². The number of aromatic nitrogens is 2. The number of carbonyl (C=O) groups excluding carboxylic acids is 2. The molecule has 0 aliphatic rings. The molecule has 33 heavy (non-hydrogen) atoms. The van der Waals surface area contributed by atoms with Crippen LogP contribution >= 0.6 is 0 Å². The first-order valence-electron chi connectivity index (χ1n) is 11.3. The predicted molar refractivity (Wildman–Crippen MR) is 128 cm³/mol. The van der Waals surface area contributed by atoms with Crippen LogP contribution in [0.25, 0.3) is 11.0 Å². The second-order valence-electron chi connectivity index (χ2n) is 9.38. The van der Waals surface area contributed by atoms with Crippen LogP contribution in [0, 0.1) is 12.3 Å². The lowest BCUT2D eigenvalue weighted by molar-refractivity contribution is -0.137. The van der Waals surface area contributed by atoms with Crippen molar-refractivity contribution < 1.29 is 19.5 Å². The molecule has 9 heteroatoms. The minimum Gasteiger partial charge on any atom is -0.481 e. The number of unbranched alkanes of at least 4 members (excludes halogenated alkanes) is 3. The van der Waals surface area contributed by atoms with Gasteiger partial charge in [-0.05, 0) is 42.9 Å². The van der Waals surface area contributed by atoms with Crippen LogP contribution in [0.3, 0.4) is 0 Å². The van der Waals surface area contributed by atoms with E-state index in [-0.39, 0.29) is 23.0 Å². The fourth-order valence-electron chi connectivity index (χ4n) is 3.53. The van der Waals surface area contributed by atoms with Crippen molar-refractivity contribution in [3.63, 3.8) is 0 Å². The van der Waals surface area contributed by atoms with E-state index in [1.807, 2.05) is 23.6 Å². The van der Waals surface area contributed by atoms with Crippen LogP contribution in [-0.2, 0) is 16.1 Å². The summed E-state index contributed by atoms with van der Waals surface area (Å²) in [4.78, 5) is 43.1. The van der Waals surface area contributed by atoms with Crippen LogP contribution in [-0.4, -0.2) is 46.5 Å². The van der Waals surface area contributed by atoms with Crippen molar-refractivity contribution in [2.75, 3.05) is 18.9 Å². The number of benzene rings is 1. The molecular formula is C24H35N5O4. The van der Waals surface area contributed by atoms with Gasteiger partial charge in [-0.1, -0.05) is 33.6 Å². The number of rotatable bonds is 11. The van der Waals surface area contributed by atoms with Crippen LogP contribution in [0.5, 0.6) is 0 Å². The molecule has 0 aliphatic heterocycles. The highest BCUT2D eigenvalue weighted by molar-refractivity contribution is 5.94. The van der Waals surface area contributed by atoms with Crippen molar-refractivity contribution >= 4 is 35.0 Å². The zero-order valence-corrected chi connectivity index (χ0v) is 20.2. The number of nitrogens with zero attached hydrogens (tertiary/aromatic N) is 3. The minimum absolute atomic E-state index is 0.0899. The van der Waals surface area contributed by atoms with E-state index in [9.17, 15) is 14.4 Å². The summed E-state index contributed by atoms with van der Waals surface area (Å²) in [5, 5.41) is 14.9.